The molecule has 2 rings (SSSR count). The Labute approximate surface area is 125 Å². The van der Waals surface area contributed by atoms with E-state index in [1.165, 1.54) is 0 Å². The highest BCUT2D eigenvalue weighted by Gasteiger charge is 2.25. The second kappa shape index (κ2) is 7.11. The molecule has 0 aromatic heterocycles. The second-order valence-corrected chi connectivity index (χ2v) is 5.48. The van der Waals surface area contributed by atoms with Crippen LogP contribution in [0.2, 0.25) is 0 Å². The molecule has 1 aliphatic rings. The number of benzene rings is 1. The van der Waals surface area contributed by atoms with E-state index in [1.807, 2.05) is 38.1 Å². The van der Waals surface area contributed by atoms with Crippen molar-refractivity contribution in [3.63, 3.8) is 0 Å². The number of nitrogens with one attached hydrogen (secondary N) is 3. The van der Waals surface area contributed by atoms with Gasteiger partial charge in [-0.2, -0.15) is 0 Å². The molecule has 0 bridgehead atoms. The van der Waals surface area contributed by atoms with Crippen molar-refractivity contribution >= 4 is 17.5 Å². The summed E-state index contributed by atoms with van der Waals surface area (Å²) < 4.78 is 0. The van der Waals surface area contributed by atoms with Crippen LogP contribution in [0.3, 0.4) is 0 Å². The van der Waals surface area contributed by atoms with Gasteiger partial charge in [-0.15, -0.1) is 0 Å². The minimum Gasteiger partial charge on any atom is -0.373 e. The van der Waals surface area contributed by atoms with E-state index in [1.54, 1.807) is 0 Å². The zero-order valence-electron chi connectivity index (χ0n) is 12.6. The molecule has 0 aliphatic carbocycles. The Balaban J connectivity index is 1.71. The van der Waals surface area contributed by atoms with Crippen LogP contribution in [0.4, 0.5) is 5.69 Å². The van der Waals surface area contributed by atoms with E-state index in [2.05, 4.69) is 16.0 Å². The first-order chi connectivity index (χ1) is 10.1. The minimum atomic E-state index is -0.236. The van der Waals surface area contributed by atoms with Gasteiger partial charge in [-0.3, -0.25) is 9.59 Å². The molecule has 1 aromatic carbocycles. The van der Waals surface area contributed by atoms with Crippen LogP contribution >= 0.6 is 0 Å². The van der Waals surface area contributed by atoms with Crippen LogP contribution in [0.1, 0.15) is 32.3 Å². The average molecular weight is 289 g/mol. The number of para-hydroxylation sites is 1. The van der Waals surface area contributed by atoms with Gasteiger partial charge in [0.1, 0.15) is 6.04 Å². The summed E-state index contributed by atoms with van der Waals surface area (Å²) in [5, 5.41) is 8.90. The van der Waals surface area contributed by atoms with Crippen molar-refractivity contribution in [2.75, 3.05) is 11.9 Å². The van der Waals surface area contributed by atoms with Crippen LogP contribution in [0.15, 0.2) is 24.3 Å². The summed E-state index contributed by atoms with van der Waals surface area (Å²) in [7, 11) is 0. The molecule has 0 saturated heterocycles. The molecular formula is C16H23N3O2. The minimum absolute atomic E-state index is 0.0210. The first kappa shape index (κ1) is 15.4. The van der Waals surface area contributed by atoms with Gasteiger partial charge in [0.2, 0.25) is 11.8 Å². The molecule has 5 nitrogen and oxygen atoms in total. The highest BCUT2D eigenvalue weighted by atomic mass is 16.2. The monoisotopic (exact) mass is 289 g/mol. The summed E-state index contributed by atoms with van der Waals surface area (Å²) >= 11 is 0. The summed E-state index contributed by atoms with van der Waals surface area (Å²) in [4.78, 5) is 23.7. The molecule has 2 atom stereocenters. The van der Waals surface area contributed by atoms with Gasteiger partial charge in [-0.1, -0.05) is 25.1 Å². The number of fused-ring (bicyclic) bond motifs is 1. The van der Waals surface area contributed by atoms with Gasteiger partial charge in [0, 0.05) is 31.1 Å². The predicted octanol–water partition coefficient (Wildman–Crippen LogP) is 1.44. The third-order valence-corrected chi connectivity index (χ3v) is 3.76. The third kappa shape index (κ3) is 4.21. The highest BCUT2D eigenvalue weighted by molar-refractivity contribution is 5.87. The molecule has 0 spiro atoms. The van der Waals surface area contributed by atoms with Crippen molar-refractivity contribution in [2.24, 2.45) is 0 Å². The van der Waals surface area contributed by atoms with Crippen LogP contribution in [-0.2, 0) is 16.0 Å². The summed E-state index contributed by atoms with van der Waals surface area (Å²) in [6, 6.07) is 7.86. The molecule has 2 amide bonds. The van der Waals surface area contributed by atoms with Crippen LogP contribution < -0.4 is 16.0 Å². The number of anilines is 1. The van der Waals surface area contributed by atoms with E-state index >= 15 is 0 Å². The number of carbonyl (C=O) groups is 2. The van der Waals surface area contributed by atoms with Crippen molar-refractivity contribution in [3.8, 4) is 0 Å². The lowest BCUT2D eigenvalue weighted by Gasteiger charge is -2.13. The van der Waals surface area contributed by atoms with E-state index in [4.69, 9.17) is 0 Å². The average Bonchev–Trinajstić information content (AvgIpc) is 2.91. The van der Waals surface area contributed by atoms with Crippen molar-refractivity contribution in [1.82, 2.24) is 10.6 Å². The Morgan fingerprint density at radius 2 is 2.14 bits per heavy atom. The Kier molecular flexibility index (Phi) is 5.20. The maximum atomic E-state index is 12.1. The molecule has 5 heteroatoms. The number of amides is 2. The molecule has 2 unspecified atom stereocenters. The number of rotatable bonds is 6. The smallest absolute Gasteiger partial charge is 0.242 e. The molecule has 0 saturated carbocycles. The molecule has 114 valence electrons. The zero-order valence-corrected chi connectivity index (χ0v) is 12.6. The Morgan fingerprint density at radius 1 is 1.38 bits per heavy atom. The molecule has 0 radical (unpaired) electrons. The van der Waals surface area contributed by atoms with Gasteiger partial charge in [-0.05, 0) is 25.0 Å². The summed E-state index contributed by atoms with van der Waals surface area (Å²) in [5.74, 6) is -0.0742. The van der Waals surface area contributed by atoms with Gasteiger partial charge in [0.25, 0.3) is 0 Å². The Bertz CT molecular complexity index is 491. The van der Waals surface area contributed by atoms with Crippen LogP contribution in [-0.4, -0.2) is 30.4 Å². The first-order valence-corrected chi connectivity index (χ1v) is 7.51. The number of hydrogen-bond acceptors (Lipinski definition) is 3. The fraction of sp³-hybridized carbons (Fsp3) is 0.500. The van der Waals surface area contributed by atoms with E-state index in [0.29, 0.717) is 19.4 Å². The second-order valence-electron chi connectivity index (χ2n) is 5.48. The molecule has 1 heterocycles. The maximum Gasteiger partial charge on any atom is 0.242 e. The van der Waals surface area contributed by atoms with E-state index in [-0.39, 0.29) is 23.9 Å². The number of carbonyl (C=O) groups excluding carboxylic acids is 2. The third-order valence-electron chi connectivity index (χ3n) is 3.76. The van der Waals surface area contributed by atoms with E-state index in [9.17, 15) is 9.59 Å². The molecular weight excluding hydrogens is 266 g/mol. The lowest BCUT2D eigenvalue weighted by Crippen LogP contribution is -2.41. The largest absolute Gasteiger partial charge is 0.373 e. The molecule has 1 aromatic rings. The van der Waals surface area contributed by atoms with Crippen molar-refractivity contribution in [3.05, 3.63) is 29.8 Å². The van der Waals surface area contributed by atoms with Crippen molar-refractivity contribution < 1.29 is 9.59 Å². The van der Waals surface area contributed by atoms with E-state index in [0.717, 1.165) is 17.7 Å². The van der Waals surface area contributed by atoms with Crippen LogP contribution in [0.5, 0.6) is 0 Å². The first-order valence-electron chi connectivity index (χ1n) is 7.51. The maximum absolute atomic E-state index is 12.1. The zero-order chi connectivity index (χ0) is 15.2. The topological polar surface area (TPSA) is 70.2 Å². The quantitative estimate of drug-likeness (QED) is 0.742. The Hall–Kier alpha value is -2.04. The van der Waals surface area contributed by atoms with Crippen molar-refractivity contribution in [2.45, 2.75) is 45.2 Å². The molecule has 21 heavy (non-hydrogen) atoms. The van der Waals surface area contributed by atoms with E-state index < -0.39 is 0 Å². The molecule has 1 aliphatic heterocycles. The summed E-state index contributed by atoms with van der Waals surface area (Å²) in [6.07, 6.45) is 1.92. The predicted molar refractivity (Wildman–Crippen MR) is 83.1 cm³/mol. The number of hydrogen-bond donors (Lipinski definition) is 3. The summed E-state index contributed by atoms with van der Waals surface area (Å²) in [5.41, 5.74) is 2.18. The Morgan fingerprint density at radius 3 is 2.86 bits per heavy atom. The fourth-order valence-electron chi connectivity index (χ4n) is 2.33. The fourth-order valence-corrected chi connectivity index (χ4v) is 2.33. The van der Waals surface area contributed by atoms with Crippen molar-refractivity contribution in [1.29, 1.82) is 0 Å². The lowest BCUT2D eigenvalue weighted by molar-refractivity contribution is -0.123. The normalized spacial score (nSPS) is 17.5. The van der Waals surface area contributed by atoms with Gasteiger partial charge in [0.15, 0.2) is 0 Å². The van der Waals surface area contributed by atoms with Gasteiger partial charge in [0.05, 0.1) is 0 Å². The van der Waals surface area contributed by atoms with Gasteiger partial charge >= 0.3 is 0 Å². The van der Waals surface area contributed by atoms with Gasteiger partial charge < -0.3 is 16.0 Å². The highest BCUT2D eigenvalue weighted by Crippen LogP contribution is 2.24. The molecule has 3 N–H and O–H groups in total. The van der Waals surface area contributed by atoms with Crippen LogP contribution in [0, 0.1) is 0 Å². The van der Waals surface area contributed by atoms with Crippen LogP contribution in [0.25, 0.3) is 0 Å². The summed E-state index contributed by atoms with van der Waals surface area (Å²) in [6.45, 7) is 4.36. The van der Waals surface area contributed by atoms with Gasteiger partial charge in [-0.25, -0.2) is 0 Å². The lowest BCUT2D eigenvalue weighted by atomic mass is 10.1. The standard InChI is InChI=1S/C16H23N3O2/c1-3-11(2)18-15(20)8-9-17-16(21)14-10-12-6-4-5-7-13(12)19-14/h4-7,11,14,19H,3,8-10H2,1-2H3,(H,17,21)(H,18,20). The SMILES string of the molecule is CCC(C)NC(=O)CCNC(=O)C1Cc2ccccc2N1. The molecule has 0 fully saturated rings.